The van der Waals surface area contributed by atoms with Crippen molar-refractivity contribution in [3.05, 3.63) is 34.3 Å². The monoisotopic (exact) mass is 248 g/mol. The van der Waals surface area contributed by atoms with Crippen molar-refractivity contribution >= 4 is 17.9 Å². The maximum absolute atomic E-state index is 12.5. The Morgan fingerprint density at radius 3 is 2.31 bits per heavy atom. The minimum atomic E-state index is -4.43. The van der Waals surface area contributed by atoms with Crippen molar-refractivity contribution in [2.45, 2.75) is 24.4 Å². The molecular weight excluding hydrogens is 241 g/mol. The average Bonchev–Trinajstić information content (AvgIpc) is 2.96. The molecule has 5 heteroatoms. The highest BCUT2D eigenvalue weighted by Crippen LogP contribution is 2.48. The van der Waals surface area contributed by atoms with Gasteiger partial charge in [-0.3, -0.25) is 0 Å². The van der Waals surface area contributed by atoms with Crippen LogP contribution in [0.5, 0.6) is 0 Å². The Morgan fingerprint density at radius 2 is 1.88 bits per heavy atom. The van der Waals surface area contributed by atoms with Gasteiger partial charge in [0.05, 0.1) is 11.0 Å². The molecule has 0 N–H and O–H groups in total. The summed E-state index contributed by atoms with van der Waals surface area (Å²) in [4.78, 5) is 10.8. The quantitative estimate of drug-likeness (QED) is 0.731. The van der Waals surface area contributed by atoms with Crippen LogP contribution < -0.4 is 0 Å². The van der Waals surface area contributed by atoms with E-state index in [1.165, 1.54) is 6.07 Å². The second-order valence-corrected chi connectivity index (χ2v) is 4.44. The van der Waals surface area contributed by atoms with Gasteiger partial charge in [0.15, 0.2) is 0 Å². The molecule has 0 saturated heterocycles. The third-order valence-corrected chi connectivity index (χ3v) is 3.03. The Kier molecular flexibility index (Phi) is 2.49. The molecule has 1 aromatic rings. The molecule has 1 aromatic carbocycles. The molecule has 16 heavy (non-hydrogen) atoms. The lowest BCUT2D eigenvalue weighted by Crippen LogP contribution is -2.11. The van der Waals surface area contributed by atoms with Crippen molar-refractivity contribution in [3.8, 4) is 0 Å². The number of carbonyl (C=O) groups is 1. The van der Waals surface area contributed by atoms with Crippen LogP contribution in [0, 0.1) is 0 Å². The van der Waals surface area contributed by atoms with Gasteiger partial charge in [0.2, 0.25) is 0 Å². The molecule has 0 aliphatic heterocycles. The SMILES string of the molecule is O=CC1(c2cc(Cl)cc(C(F)(F)F)c2)CC1. The summed E-state index contributed by atoms with van der Waals surface area (Å²) in [5.41, 5.74) is -1.17. The van der Waals surface area contributed by atoms with Crippen LogP contribution in [-0.2, 0) is 16.4 Å². The van der Waals surface area contributed by atoms with E-state index in [1.807, 2.05) is 0 Å². The molecule has 0 aromatic heterocycles. The molecule has 0 unspecified atom stereocenters. The van der Waals surface area contributed by atoms with Crippen LogP contribution in [0.3, 0.4) is 0 Å². The molecule has 0 amide bonds. The Hall–Kier alpha value is -1.03. The third-order valence-electron chi connectivity index (χ3n) is 2.81. The summed E-state index contributed by atoms with van der Waals surface area (Å²) in [6.07, 6.45) is -2.54. The van der Waals surface area contributed by atoms with E-state index in [0.29, 0.717) is 24.7 Å². The highest BCUT2D eigenvalue weighted by Gasteiger charge is 2.45. The van der Waals surface area contributed by atoms with Gasteiger partial charge in [-0.1, -0.05) is 11.6 Å². The molecule has 0 bridgehead atoms. The number of hydrogen-bond acceptors (Lipinski definition) is 1. The smallest absolute Gasteiger partial charge is 0.302 e. The van der Waals surface area contributed by atoms with E-state index < -0.39 is 17.2 Å². The number of carbonyl (C=O) groups excluding carboxylic acids is 1. The first-order valence-electron chi connectivity index (χ1n) is 4.72. The highest BCUT2D eigenvalue weighted by atomic mass is 35.5. The van der Waals surface area contributed by atoms with Gasteiger partial charge in [-0.15, -0.1) is 0 Å². The number of aldehydes is 1. The van der Waals surface area contributed by atoms with Gasteiger partial charge in [0.25, 0.3) is 0 Å². The number of alkyl halides is 3. The molecule has 86 valence electrons. The molecule has 1 saturated carbocycles. The summed E-state index contributed by atoms with van der Waals surface area (Å²) >= 11 is 5.63. The number of hydrogen-bond donors (Lipinski definition) is 0. The van der Waals surface area contributed by atoms with E-state index in [2.05, 4.69) is 0 Å². The summed E-state index contributed by atoms with van der Waals surface area (Å²) in [5.74, 6) is 0. The molecule has 1 fully saturated rings. The summed E-state index contributed by atoms with van der Waals surface area (Å²) < 4.78 is 37.5. The van der Waals surface area contributed by atoms with Gasteiger partial charge < -0.3 is 4.79 Å². The zero-order valence-electron chi connectivity index (χ0n) is 8.14. The van der Waals surface area contributed by atoms with Gasteiger partial charge in [-0.05, 0) is 36.6 Å². The Labute approximate surface area is 95.2 Å². The maximum atomic E-state index is 12.5. The van der Waals surface area contributed by atoms with Crippen LogP contribution in [0.15, 0.2) is 18.2 Å². The zero-order chi connectivity index (χ0) is 12.0. The minimum Gasteiger partial charge on any atom is -0.302 e. The fraction of sp³-hybridized carbons (Fsp3) is 0.364. The maximum Gasteiger partial charge on any atom is 0.416 e. The molecule has 0 atom stereocenters. The first-order valence-corrected chi connectivity index (χ1v) is 5.10. The van der Waals surface area contributed by atoms with E-state index in [-0.39, 0.29) is 5.02 Å². The van der Waals surface area contributed by atoms with Crippen molar-refractivity contribution < 1.29 is 18.0 Å². The topological polar surface area (TPSA) is 17.1 Å². The van der Waals surface area contributed by atoms with Crippen LogP contribution in [0.1, 0.15) is 24.0 Å². The van der Waals surface area contributed by atoms with E-state index in [1.54, 1.807) is 0 Å². The van der Waals surface area contributed by atoms with Crippen molar-refractivity contribution in [3.63, 3.8) is 0 Å². The van der Waals surface area contributed by atoms with Crippen LogP contribution in [-0.4, -0.2) is 6.29 Å². The molecule has 1 aliphatic rings. The molecule has 0 radical (unpaired) electrons. The van der Waals surface area contributed by atoms with Crippen molar-refractivity contribution in [1.29, 1.82) is 0 Å². The zero-order valence-corrected chi connectivity index (χ0v) is 8.90. The largest absolute Gasteiger partial charge is 0.416 e. The van der Waals surface area contributed by atoms with E-state index in [9.17, 15) is 18.0 Å². The van der Waals surface area contributed by atoms with Gasteiger partial charge in [-0.2, -0.15) is 13.2 Å². The number of benzene rings is 1. The first kappa shape index (κ1) is 11.5. The molecule has 0 heterocycles. The lowest BCUT2D eigenvalue weighted by Gasteiger charge is -2.12. The average molecular weight is 249 g/mol. The predicted molar refractivity (Wildman–Crippen MR) is 53.4 cm³/mol. The number of halogens is 4. The van der Waals surface area contributed by atoms with E-state index in [4.69, 9.17) is 11.6 Å². The normalized spacial score (nSPS) is 18.2. The summed E-state index contributed by atoms with van der Waals surface area (Å²) in [6, 6.07) is 3.30. The Bertz CT molecular complexity index is 435. The van der Waals surface area contributed by atoms with Crippen molar-refractivity contribution in [2.75, 3.05) is 0 Å². The Morgan fingerprint density at radius 1 is 1.25 bits per heavy atom. The van der Waals surface area contributed by atoms with Crippen LogP contribution in [0.2, 0.25) is 5.02 Å². The van der Waals surface area contributed by atoms with Crippen molar-refractivity contribution in [1.82, 2.24) is 0 Å². The van der Waals surface area contributed by atoms with Crippen molar-refractivity contribution in [2.24, 2.45) is 0 Å². The minimum absolute atomic E-state index is 0.0120. The van der Waals surface area contributed by atoms with E-state index in [0.717, 1.165) is 12.1 Å². The molecule has 1 nitrogen and oxygen atoms in total. The molecule has 2 rings (SSSR count). The second-order valence-electron chi connectivity index (χ2n) is 4.00. The number of rotatable bonds is 2. The third kappa shape index (κ3) is 1.94. The lowest BCUT2D eigenvalue weighted by molar-refractivity contribution is -0.137. The van der Waals surface area contributed by atoms with Gasteiger partial charge in [-0.25, -0.2) is 0 Å². The fourth-order valence-electron chi connectivity index (χ4n) is 1.65. The first-order chi connectivity index (χ1) is 7.37. The van der Waals surface area contributed by atoms with Crippen LogP contribution in [0.25, 0.3) is 0 Å². The molecule has 0 spiro atoms. The lowest BCUT2D eigenvalue weighted by atomic mass is 9.96. The van der Waals surface area contributed by atoms with E-state index >= 15 is 0 Å². The van der Waals surface area contributed by atoms with Crippen LogP contribution >= 0.6 is 11.6 Å². The highest BCUT2D eigenvalue weighted by molar-refractivity contribution is 6.30. The molecule has 1 aliphatic carbocycles. The van der Waals surface area contributed by atoms with Gasteiger partial charge in [0.1, 0.15) is 6.29 Å². The van der Waals surface area contributed by atoms with Gasteiger partial charge >= 0.3 is 6.18 Å². The Balaban J connectivity index is 2.49. The predicted octanol–water partition coefficient (Wildman–Crippen LogP) is 3.59. The summed E-state index contributed by atoms with van der Waals surface area (Å²) in [6.45, 7) is 0. The summed E-state index contributed by atoms with van der Waals surface area (Å²) in [5, 5.41) is 0.0120. The standard InChI is InChI=1S/C11H8ClF3O/c12-9-4-7(10(6-16)1-2-10)3-8(5-9)11(13,14)15/h3-6H,1-2H2. The van der Waals surface area contributed by atoms with Crippen LogP contribution in [0.4, 0.5) is 13.2 Å². The van der Waals surface area contributed by atoms with Gasteiger partial charge in [0, 0.05) is 5.02 Å². The summed E-state index contributed by atoms with van der Waals surface area (Å²) in [7, 11) is 0. The second kappa shape index (κ2) is 3.48. The molecular formula is C11H8ClF3O. The fourth-order valence-corrected chi connectivity index (χ4v) is 1.89.